The lowest BCUT2D eigenvalue weighted by atomic mass is 10.00. The van der Waals surface area contributed by atoms with Crippen molar-refractivity contribution in [2.24, 2.45) is 5.73 Å². The molecular formula is C14H19NO3. The van der Waals surface area contributed by atoms with Gasteiger partial charge in [-0.15, -0.1) is 0 Å². The maximum absolute atomic E-state index is 6.25. The fourth-order valence-electron chi connectivity index (χ4n) is 2.49. The number of fused-ring (bicyclic) bond motifs is 1. The fraction of sp³-hybridized carbons (Fsp3) is 0.571. The number of hydrogen-bond acceptors (Lipinski definition) is 4. The van der Waals surface area contributed by atoms with Crippen molar-refractivity contribution in [2.45, 2.75) is 31.4 Å². The van der Waals surface area contributed by atoms with Gasteiger partial charge < -0.3 is 19.9 Å². The molecule has 2 aliphatic heterocycles. The van der Waals surface area contributed by atoms with Crippen LogP contribution in [0.15, 0.2) is 18.2 Å². The number of ether oxygens (including phenoxy) is 3. The average molecular weight is 249 g/mol. The zero-order valence-corrected chi connectivity index (χ0v) is 10.4. The smallest absolute Gasteiger partial charge is 0.161 e. The van der Waals surface area contributed by atoms with Gasteiger partial charge in [0.25, 0.3) is 0 Å². The topological polar surface area (TPSA) is 53.7 Å². The van der Waals surface area contributed by atoms with Gasteiger partial charge in [0.15, 0.2) is 11.5 Å². The molecule has 2 unspecified atom stereocenters. The molecule has 0 saturated carbocycles. The van der Waals surface area contributed by atoms with Gasteiger partial charge in [0.1, 0.15) is 0 Å². The first-order chi connectivity index (χ1) is 8.84. The molecule has 0 aliphatic carbocycles. The molecule has 3 rings (SSSR count). The fourth-order valence-corrected chi connectivity index (χ4v) is 2.49. The van der Waals surface area contributed by atoms with E-state index in [1.807, 2.05) is 18.2 Å². The van der Waals surface area contributed by atoms with Crippen molar-refractivity contribution >= 4 is 0 Å². The van der Waals surface area contributed by atoms with Crippen molar-refractivity contribution in [1.29, 1.82) is 0 Å². The van der Waals surface area contributed by atoms with E-state index in [1.165, 1.54) is 0 Å². The second-order valence-electron chi connectivity index (χ2n) is 4.83. The van der Waals surface area contributed by atoms with Crippen LogP contribution in [0.5, 0.6) is 11.5 Å². The molecule has 0 amide bonds. The molecule has 1 aromatic carbocycles. The largest absolute Gasteiger partial charge is 0.490 e. The van der Waals surface area contributed by atoms with E-state index in [1.54, 1.807) is 0 Å². The zero-order valence-electron chi connectivity index (χ0n) is 10.4. The molecule has 1 aromatic rings. The van der Waals surface area contributed by atoms with Crippen LogP contribution in [0.25, 0.3) is 0 Å². The molecule has 2 aliphatic rings. The lowest BCUT2D eigenvalue weighted by Gasteiger charge is -2.20. The molecule has 0 bridgehead atoms. The minimum absolute atomic E-state index is 0.0790. The summed E-state index contributed by atoms with van der Waals surface area (Å²) in [5.74, 6) is 1.62. The molecule has 4 nitrogen and oxygen atoms in total. The van der Waals surface area contributed by atoms with Gasteiger partial charge in [-0.1, -0.05) is 6.07 Å². The zero-order chi connectivity index (χ0) is 12.4. The van der Waals surface area contributed by atoms with Crippen LogP contribution in [0.1, 0.15) is 30.9 Å². The highest BCUT2D eigenvalue weighted by atomic mass is 16.5. The number of nitrogens with two attached hydrogens (primary N) is 1. The van der Waals surface area contributed by atoms with Crippen LogP contribution in [-0.4, -0.2) is 25.9 Å². The normalized spacial score (nSPS) is 24.6. The third-order valence-electron chi connectivity index (χ3n) is 3.52. The van der Waals surface area contributed by atoms with Crippen molar-refractivity contribution in [3.05, 3.63) is 23.8 Å². The summed E-state index contributed by atoms with van der Waals surface area (Å²) in [6.07, 6.45) is 3.19. The second-order valence-corrected chi connectivity index (χ2v) is 4.83. The molecule has 1 fully saturated rings. The summed E-state index contributed by atoms with van der Waals surface area (Å²) in [5, 5.41) is 0. The maximum Gasteiger partial charge on any atom is 0.161 e. The molecule has 4 heteroatoms. The lowest BCUT2D eigenvalue weighted by Crippen LogP contribution is -2.25. The summed E-state index contributed by atoms with van der Waals surface area (Å²) in [5.41, 5.74) is 7.31. The Morgan fingerprint density at radius 2 is 1.89 bits per heavy atom. The predicted molar refractivity (Wildman–Crippen MR) is 68.0 cm³/mol. The van der Waals surface area contributed by atoms with Crippen LogP contribution in [0.3, 0.4) is 0 Å². The number of hydrogen-bond donors (Lipinski definition) is 1. The summed E-state index contributed by atoms with van der Waals surface area (Å²) >= 11 is 0. The quantitative estimate of drug-likeness (QED) is 0.871. The first-order valence-electron chi connectivity index (χ1n) is 6.61. The summed E-state index contributed by atoms with van der Waals surface area (Å²) < 4.78 is 16.9. The van der Waals surface area contributed by atoms with E-state index in [9.17, 15) is 0 Å². The van der Waals surface area contributed by atoms with Crippen molar-refractivity contribution in [1.82, 2.24) is 0 Å². The highest BCUT2D eigenvalue weighted by Crippen LogP contribution is 2.34. The number of rotatable bonds is 2. The van der Waals surface area contributed by atoms with Gasteiger partial charge in [0, 0.05) is 13.0 Å². The van der Waals surface area contributed by atoms with Gasteiger partial charge in [-0.25, -0.2) is 0 Å². The van der Waals surface area contributed by atoms with Crippen molar-refractivity contribution in [2.75, 3.05) is 19.8 Å². The van der Waals surface area contributed by atoms with Gasteiger partial charge in [0.2, 0.25) is 0 Å². The molecule has 0 spiro atoms. The lowest BCUT2D eigenvalue weighted by molar-refractivity contribution is 0.0899. The standard InChI is InChI=1S/C14H19NO3/c15-14(12-3-1-6-17-12)10-4-5-11-13(9-10)18-8-2-7-16-11/h4-5,9,12,14H,1-3,6-8,15H2. The molecule has 2 heterocycles. The van der Waals surface area contributed by atoms with Gasteiger partial charge in [0.05, 0.1) is 25.4 Å². The van der Waals surface area contributed by atoms with Gasteiger partial charge >= 0.3 is 0 Å². The first-order valence-corrected chi connectivity index (χ1v) is 6.61. The minimum Gasteiger partial charge on any atom is -0.490 e. The van der Waals surface area contributed by atoms with E-state index < -0.39 is 0 Å². The van der Waals surface area contributed by atoms with E-state index in [2.05, 4.69) is 0 Å². The maximum atomic E-state index is 6.25. The number of benzene rings is 1. The summed E-state index contributed by atoms with van der Waals surface area (Å²) in [6, 6.07) is 5.88. The van der Waals surface area contributed by atoms with E-state index in [0.29, 0.717) is 13.2 Å². The van der Waals surface area contributed by atoms with Crippen LogP contribution < -0.4 is 15.2 Å². The van der Waals surface area contributed by atoms with E-state index in [-0.39, 0.29) is 12.1 Å². The van der Waals surface area contributed by atoms with Crippen molar-refractivity contribution < 1.29 is 14.2 Å². The Balaban J connectivity index is 1.82. The molecule has 0 radical (unpaired) electrons. The Hall–Kier alpha value is -1.26. The molecular weight excluding hydrogens is 230 g/mol. The molecule has 2 N–H and O–H groups in total. The van der Waals surface area contributed by atoms with Crippen LogP contribution >= 0.6 is 0 Å². The highest BCUT2D eigenvalue weighted by Gasteiger charge is 2.25. The summed E-state index contributed by atoms with van der Waals surface area (Å²) in [4.78, 5) is 0. The van der Waals surface area contributed by atoms with Crippen molar-refractivity contribution in [3.8, 4) is 11.5 Å². The molecule has 98 valence electrons. The van der Waals surface area contributed by atoms with Crippen LogP contribution in [0, 0.1) is 0 Å². The molecule has 1 saturated heterocycles. The Morgan fingerprint density at radius 3 is 2.67 bits per heavy atom. The van der Waals surface area contributed by atoms with E-state index in [4.69, 9.17) is 19.9 Å². The first kappa shape index (κ1) is 11.8. The minimum atomic E-state index is -0.0790. The molecule has 0 aromatic heterocycles. The Labute approximate surface area is 107 Å². The van der Waals surface area contributed by atoms with Gasteiger partial charge in [-0.3, -0.25) is 0 Å². The van der Waals surface area contributed by atoms with Crippen molar-refractivity contribution in [3.63, 3.8) is 0 Å². The third kappa shape index (κ3) is 2.31. The predicted octanol–water partition coefficient (Wildman–Crippen LogP) is 2.03. The van der Waals surface area contributed by atoms with E-state index in [0.717, 1.165) is 42.9 Å². The average Bonchev–Trinajstić information content (AvgIpc) is 2.83. The van der Waals surface area contributed by atoms with E-state index >= 15 is 0 Å². The Kier molecular flexibility index (Phi) is 3.39. The second kappa shape index (κ2) is 5.16. The van der Waals surface area contributed by atoms with Crippen LogP contribution in [0.4, 0.5) is 0 Å². The van der Waals surface area contributed by atoms with Gasteiger partial charge in [-0.2, -0.15) is 0 Å². The molecule has 18 heavy (non-hydrogen) atoms. The van der Waals surface area contributed by atoms with Crippen LogP contribution in [-0.2, 0) is 4.74 Å². The summed E-state index contributed by atoms with van der Waals surface area (Å²) in [6.45, 7) is 2.23. The molecule has 2 atom stereocenters. The Morgan fingerprint density at radius 1 is 1.06 bits per heavy atom. The van der Waals surface area contributed by atoms with Gasteiger partial charge in [-0.05, 0) is 30.5 Å². The van der Waals surface area contributed by atoms with Crippen LogP contribution in [0.2, 0.25) is 0 Å². The SMILES string of the molecule is NC(c1ccc2c(c1)OCCCO2)C1CCCO1. The summed E-state index contributed by atoms with van der Waals surface area (Å²) in [7, 11) is 0. The third-order valence-corrected chi connectivity index (χ3v) is 3.52. The Bertz CT molecular complexity index is 416. The monoisotopic (exact) mass is 249 g/mol. The highest BCUT2D eigenvalue weighted by molar-refractivity contribution is 5.44.